The van der Waals surface area contributed by atoms with E-state index >= 15 is 0 Å². The summed E-state index contributed by atoms with van der Waals surface area (Å²) < 4.78 is 67.4. The normalized spacial score (nSPS) is 17.1. The van der Waals surface area contributed by atoms with Crippen molar-refractivity contribution in [3.8, 4) is 11.4 Å². The van der Waals surface area contributed by atoms with Crippen LogP contribution in [0, 0.1) is 0 Å². The number of rotatable bonds is 3. The van der Waals surface area contributed by atoms with Gasteiger partial charge in [-0.1, -0.05) is 40.6 Å². The van der Waals surface area contributed by atoms with Crippen LogP contribution < -0.4 is 0 Å². The van der Waals surface area contributed by atoms with E-state index in [2.05, 4.69) is 10.2 Å². The van der Waals surface area contributed by atoms with Gasteiger partial charge in [0.05, 0.1) is 12.1 Å². The van der Waals surface area contributed by atoms with Crippen LogP contribution in [0.1, 0.15) is 11.4 Å². The fraction of sp³-hybridized carbons (Fsp3) is 0.222. The van der Waals surface area contributed by atoms with Gasteiger partial charge in [0.2, 0.25) is 0 Å². The Kier molecular flexibility index (Phi) is 4.56. The molecule has 0 fully saturated rings. The highest BCUT2D eigenvalue weighted by atomic mass is 32.3. The number of fused-ring (bicyclic) bond motifs is 1. The van der Waals surface area contributed by atoms with Gasteiger partial charge in [-0.15, -0.1) is 14.5 Å². The zero-order valence-corrected chi connectivity index (χ0v) is 15.3. The number of hydrogen-bond acceptors (Lipinski definition) is 4. The summed E-state index contributed by atoms with van der Waals surface area (Å²) in [5.74, 6) is 1.08. The fourth-order valence-corrected chi connectivity index (χ4v) is 4.56. The molecule has 2 aromatic carbocycles. The number of alkyl halides is 3. The van der Waals surface area contributed by atoms with Crippen molar-refractivity contribution in [3.63, 3.8) is 0 Å². The van der Waals surface area contributed by atoms with E-state index in [1.807, 2.05) is 34.9 Å². The second-order valence-electron chi connectivity index (χ2n) is 6.32. The van der Waals surface area contributed by atoms with Gasteiger partial charge in [-0.3, -0.25) is 0 Å². The smallest absolute Gasteiger partial charge is 0.416 e. The minimum atomic E-state index is -4.61. The summed E-state index contributed by atoms with van der Waals surface area (Å²) >= 11 is 0. The topological polar surface area (TPSA) is 74.1 Å². The Balaban J connectivity index is 1.63. The van der Waals surface area contributed by atoms with Crippen LogP contribution >= 0.6 is 0 Å². The second kappa shape index (κ2) is 6.80. The summed E-state index contributed by atoms with van der Waals surface area (Å²) in [5.41, 5.74) is -0.143. The fourth-order valence-electron chi connectivity index (χ4n) is 3.12. The van der Waals surface area contributed by atoms with Crippen LogP contribution in [-0.2, 0) is 33.9 Å². The van der Waals surface area contributed by atoms with Crippen LogP contribution in [0.15, 0.2) is 59.5 Å². The first-order valence-electron chi connectivity index (χ1n) is 8.42. The highest BCUT2D eigenvalue weighted by molar-refractivity contribution is 7.95. The number of halogens is 3. The molecule has 146 valence electrons. The molecule has 1 atom stereocenters. The summed E-state index contributed by atoms with van der Waals surface area (Å²) in [4.78, 5) is -0.390. The Morgan fingerprint density at radius 1 is 1.00 bits per heavy atom. The largest absolute Gasteiger partial charge is 0.593 e. The Morgan fingerprint density at radius 3 is 2.46 bits per heavy atom. The second-order valence-corrected chi connectivity index (χ2v) is 8.26. The van der Waals surface area contributed by atoms with Crippen LogP contribution in [0.4, 0.5) is 13.2 Å². The molecule has 0 spiro atoms. The van der Waals surface area contributed by atoms with Gasteiger partial charge in [-0.2, -0.15) is 13.2 Å². The molecule has 10 heteroatoms. The van der Waals surface area contributed by atoms with Gasteiger partial charge in [0, 0.05) is 18.2 Å². The number of hydrogen-bond donors (Lipinski definition) is 0. The van der Waals surface area contributed by atoms with Gasteiger partial charge < -0.3 is 9.12 Å². The van der Waals surface area contributed by atoms with E-state index in [4.69, 9.17) is 0 Å². The third-order valence-corrected chi connectivity index (χ3v) is 6.39. The first-order valence-corrected chi connectivity index (χ1v) is 9.86. The van der Waals surface area contributed by atoms with Crippen molar-refractivity contribution in [2.75, 3.05) is 6.54 Å². The Labute approximate surface area is 160 Å². The maximum atomic E-state index is 12.9. The Morgan fingerprint density at radius 2 is 1.75 bits per heavy atom. The van der Waals surface area contributed by atoms with E-state index in [1.165, 1.54) is 6.07 Å². The molecule has 1 aromatic heterocycles. The average Bonchev–Trinajstić information content (AvgIpc) is 3.11. The van der Waals surface area contributed by atoms with Crippen LogP contribution in [-0.4, -0.2) is 30.2 Å². The van der Waals surface area contributed by atoms with E-state index in [0.29, 0.717) is 24.3 Å². The molecule has 2 heterocycles. The van der Waals surface area contributed by atoms with Gasteiger partial charge in [0.25, 0.3) is 0 Å². The van der Waals surface area contributed by atoms with Crippen molar-refractivity contribution in [1.82, 2.24) is 19.1 Å². The first-order chi connectivity index (χ1) is 13.3. The lowest BCUT2D eigenvalue weighted by molar-refractivity contribution is -0.137. The molecular formula is C18H15F3N4O2S. The summed E-state index contributed by atoms with van der Waals surface area (Å²) in [6.45, 7) is 0.368. The third-order valence-electron chi connectivity index (χ3n) is 4.55. The zero-order chi connectivity index (χ0) is 19.9. The average molecular weight is 408 g/mol. The highest BCUT2D eigenvalue weighted by Gasteiger charge is 2.38. The lowest BCUT2D eigenvalue weighted by atomic mass is 10.2. The number of nitrogens with zero attached hydrogens (tertiary/aromatic N) is 4. The van der Waals surface area contributed by atoms with E-state index in [9.17, 15) is 21.9 Å². The molecular weight excluding hydrogens is 393 g/mol. The van der Waals surface area contributed by atoms with E-state index in [1.54, 1.807) is 0 Å². The van der Waals surface area contributed by atoms with Gasteiger partial charge in [0.15, 0.2) is 26.9 Å². The molecule has 0 saturated heterocycles. The number of aromatic nitrogens is 3. The third kappa shape index (κ3) is 3.34. The van der Waals surface area contributed by atoms with E-state index in [-0.39, 0.29) is 13.1 Å². The first kappa shape index (κ1) is 18.8. The molecule has 0 bridgehead atoms. The van der Waals surface area contributed by atoms with Crippen molar-refractivity contribution < 1.29 is 21.9 Å². The van der Waals surface area contributed by atoms with Crippen LogP contribution in [0.2, 0.25) is 0 Å². The molecule has 28 heavy (non-hydrogen) atoms. The lowest BCUT2D eigenvalue weighted by Gasteiger charge is -2.30. The SMILES string of the molecule is O=[S+]([O-])(c1cccc(C(F)(F)F)c1)N1CCn2c(nnc2-c2ccccc2)C1. The molecule has 0 aliphatic carbocycles. The van der Waals surface area contributed by atoms with Crippen LogP contribution in [0.25, 0.3) is 11.4 Å². The maximum Gasteiger partial charge on any atom is 0.416 e. The molecule has 1 aliphatic rings. The van der Waals surface area contributed by atoms with Crippen LogP contribution in [0.3, 0.4) is 0 Å². The molecule has 0 amide bonds. The van der Waals surface area contributed by atoms with Gasteiger partial charge >= 0.3 is 6.18 Å². The maximum absolute atomic E-state index is 12.9. The van der Waals surface area contributed by atoms with Gasteiger partial charge in [-0.05, 0) is 12.1 Å². The molecule has 1 unspecified atom stereocenters. The monoisotopic (exact) mass is 408 g/mol. The molecule has 4 rings (SSSR count). The molecule has 0 saturated carbocycles. The molecule has 6 nitrogen and oxygen atoms in total. The quantitative estimate of drug-likeness (QED) is 0.623. The van der Waals surface area contributed by atoms with E-state index < -0.39 is 27.0 Å². The minimum Gasteiger partial charge on any atom is -0.593 e. The van der Waals surface area contributed by atoms with Crippen molar-refractivity contribution >= 4 is 10.4 Å². The van der Waals surface area contributed by atoms with Crippen LogP contribution in [0.5, 0.6) is 0 Å². The predicted molar refractivity (Wildman–Crippen MR) is 94.4 cm³/mol. The Bertz CT molecular complexity index is 1050. The summed E-state index contributed by atoms with van der Waals surface area (Å²) in [6, 6.07) is 13.1. The van der Waals surface area contributed by atoms with Gasteiger partial charge in [-0.25, -0.2) is 0 Å². The van der Waals surface area contributed by atoms with Crippen molar-refractivity contribution in [2.24, 2.45) is 0 Å². The van der Waals surface area contributed by atoms with Gasteiger partial charge in [0.1, 0.15) is 6.54 Å². The molecule has 1 aliphatic heterocycles. The number of sulfonamides is 1. The molecule has 0 N–H and O–H groups in total. The van der Waals surface area contributed by atoms with Crippen molar-refractivity contribution in [1.29, 1.82) is 0 Å². The lowest BCUT2D eigenvalue weighted by Crippen LogP contribution is -2.42. The summed E-state index contributed by atoms with van der Waals surface area (Å²) in [7, 11) is -4.09. The predicted octanol–water partition coefficient (Wildman–Crippen LogP) is 3.38. The highest BCUT2D eigenvalue weighted by Crippen LogP contribution is 2.33. The summed E-state index contributed by atoms with van der Waals surface area (Å²) in [6.07, 6.45) is -4.61. The molecule has 3 aromatic rings. The zero-order valence-electron chi connectivity index (χ0n) is 14.5. The molecule has 0 radical (unpaired) electrons. The standard InChI is InChI=1S/C18H15F3N4O2S/c19-18(20,21)14-7-4-8-15(11-14)28(26,27)24-9-10-25-16(12-24)22-23-17(25)13-5-2-1-3-6-13/h1-8,11H,9-10,12H2. The minimum absolute atomic E-state index is 0.0571. The van der Waals surface area contributed by atoms with E-state index in [0.717, 1.165) is 22.0 Å². The number of benzene rings is 2. The van der Waals surface area contributed by atoms with Crippen molar-refractivity contribution in [3.05, 3.63) is 66.0 Å². The summed E-state index contributed by atoms with van der Waals surface area (Å²) in [5, 5.41) is 8.22. The Hall–Kier alpha value is -2.56. The van der Waals surface area contributed by atoms with Crippen molar-refractivity contribution in [2.45, 2.75) is 24.2 Å².